The summed E-state index contributed by atoms with van der Waals surface area (Å²) in [6, 6.07) is 18.0. The molecule has 31 heavy (non-hydrogen) atoms. The van der Waals surface area contributed by atoms with Crippen molar-refractivity contribution < 1.29 is 0 Å². The number of para-hydroxylation sites is 1. The number of nitrogens with zero attached hydrogens (tertiary/aromatic N) is 2. The third-order valence-corrected chi connectivity index (χ3v) is 6.53. The van der Waals surface area contributed by atoms with Crippen LogP contribution in [0.25, 0.3) is 22.2 Å². The second-order valence-corrected chi connectivity index (χ2v) is 8.71. The van der Waals surface area contributed by atoms with Gasteiger partial charge in [0, 0.05) is 34.4 Å². The van der Waals surface area contributed by atoms with E-state index in [1.54, 1.807) is 0 Å². The lowest BCUT2D eigenvalue weighted by atomic mass is 9.93. The minimum absolute atomic E-state index is 0.525. The van der Waals surface area contributed by atoms with Gasteiger partial charge in [-0.1, -0.05) is 29.8 Å². The van der Waals surface area contributed by atoms with Gasteiger partial charge in [-0.3, -0.25) is 0 Å². The Bertz CT molecular complexity index is 1210. The zero-order valence-electron chi connectivity index (χ0n) is 17.5. The number of halogens is 1. The lowest BCUT2D eigenvalue weighted by Gasteiger charge is -2.28. The summed E-state index contributed by atoms with van der Waals surface area (Å²) in [6.45, 7) is 2.24. The molecule has 0 amide bonds. The third kappa shape index (κ3) is 3.87. The van der Waals surface area contributed by atoms with Crippen molar-refractivity contribution in [2.75, 3.05) is 31.2 Å². The maximum absolute atomic E-state index is 6.74. The Morgan fingerprint density at radius 2 is 1.87 bits per heavy atom. The number of hydrogen-bond donors (Lipinski definition) is 3. The number of pyridine rings is 1. The van der Waals surface area contributed by atoms with E-state index in [4.69, 9.17) is 17.3 Å². The highest BCUT2D eigenvalue weighted by molar-refractivity contribution is 6.35. The van der Waals surface area contributed by atoms with Crippen molar-refractivity contribution in [1.29, 1.82) is 0 Å². The van der Waals surface area contributed by atoms with Crippen LogP contribution in [-0.2, 0) is 0 Å². The van der Waals surface area contributed by atoms with E-state index < -0.39 is 0 Å². The molecule has 1 aliphatic rings. The Kier molecular flexibility index (Phi) is 5.30. The van der Waals surface area contributed by atoms with Gasteiger partial charge in [-0.25, -0.2) is 4.98 Å². The molecule has 1 fully saturated rings. The minimum atomic E-state index is 0.525. The van der Waals surface area contributed by atoms with Gasteiger partial charge in [-0.05, 0) is 74.9 Å². The van der Waals surface area contributed by atoms with E-state index in [1.807, 2.05) is 54.7 Å². The van der Waals surface area contributed by atoms with Crippen molar-refractivity contribution >= 4 is 39.7 Å². The first-order chi connectivity index (χ1) is 15.1. The van der Waals surface area contributed by atoms with E-state index in [0.29, 0.717) is 16.6 Å². The predicted octanol–water partition coefficient (Wildman–Crippen LogP) is 6.02. The fourth-order valence-electron chi connectivity index (χ4n) is 4.46. The van der Waals surface area contributed by atoms with Crippen molar-refractivity contribution in [3.8, 4) is 11.1 Å². The molecule has 0 radical (unpaired) electrons. The maximum atomic E-state index is 6.74. The van der Waals surface area contributed by atoms with Gasteiger partial charge in [0.2, 0.25) is 0 Å². The number of H-pyrrole nitrogens is 1. The smallest absolute Gasteiger partial charge is 0.138 e. The van der Waals surface area contributed by atoms with Crippen LogP contribution in [0.15, 0.2) is 60.8 Å². The van der Waals surface area contributed by atoms with Crippen LogP contribution in [0.2, 0.25) is 5.02 Å². The Morgan fingerprint density at radius 1 is 1.10 bits per heavy atom. The van der Waals surface area contributed by atoms with Gasteiger partial charge >= 0.3 is 0 Å². The molecule has 0 saturated carbocycles. The number of aromatic amines is 1. The van der Waals surface area contributed by atoms with Gasteiger partial charge < -0.3 is 20.9 Å². The standard InChI is InChI=1S/C25H26ClN5/c1-31-13-10-16(11-14-31)22-15-19-18(9-12-28-25(19)30-22)23-20(26)7-8-21(27)24(23)29-17-5-3-2-4-6-17/h2-9,12,15-16,29H,10-11,13-14,27H2,1H3,(H,28,30). The van der Waals surface area contributed by atoms with Crippen LogP contribution in [0.3, 0.4) is 0 Å². The topological polar surface area (TPSA) is 70.0 Å². The molecule has 0 unspecified atom stereocenters. The molecule has 5 nitrogen and oxygen atoms in total. The summed E-state index contributed by atoms with van der Waals surface area (Å²) in [5.74, 6) is 0.525. The zero-order chi connectivity index (χ0) is 21.4. The van der Waals surface area contributed by atoms with Gasteiger partial charge in [0.25, 0.3) is 0 Å². The molecule has 3 heterocycles. The first kappa shape index (κ1) is 19.9. The normalized spacial score (nSPS) is 15.4. The third-order valence-electron chi connectivity index (χ3n) is 6.21. The molecule has 6 heteroatoms. The molecular weight excluding hydrogens is 406 g/mol. The number of nitrogens with two attached hydrogens (primary N) is 1. The van der Waals surface area contributed by atoms with Crippen LogP contribution in [0.4, 0.5) is 17.1 Å². The van der Waals surface area contributed by atoms with E-state index in [0.717, 1.165) is 59.5 Å². The molecule has 2 aromatic heterocycles. The van der Waals surface area contributed by atoms with E-state index in [1.165, 1.54) is 5.69 Å². The van der Waals surface area contributed by atoms with Crippen molar-refractivity contribution in [2.45, 2.75) is 18.8 Å². The number of aromatic nitrogens is 2. The molecule has 158 valence electrons. The maximum Gasteiger partial charge on any atom is 0.138 e. The molecular formula is C25H26ClN5. The largest absolute Gasteiger partial charge is 0.397 e. The number of hydrogen-bond acceptors (Lipinski definition) is 4. The highest BCUT2D eigenvalue weighted by atomic mass is 35.5. The van der Waals surface area contributed by atoms with Gasteiger partial charge in [0.1, 0.15) is 5.65 Å². The number of rotatable bonds is 4. The highest BCUT2D eigenvalue weighted by Gasteiger charge is 2.22. The van der Waals surface area contributed by atoms with E-state index in [9.17, 15) is 0 Å². The van der Waals surface area contributed by atoms with E-state index >= 15 is 0 Å². The fourth-order valence-corrected chi connectivity index (χ4v) is 4.72. The minimum Gasteiger partial charge on any atom is -0.397 e. The first-order valence-corrected chi connectivity index (χ1v) is 11.0. The molecule has 0 aliphatic carbocycles. The number of nitrogens with one attached hydrogen (secondary N) is 2. The summed E-state index contributed by atoms with van der Waals surface area (Å²) in [7, 11) is 2.18. The quantitative estimate of drug-likeness (QED) is 0.345. The average Bonchev–Trinajstić information content (AvgIpc) is 3.22. The summed E-state index contributed by atoms with van der Waals surface area (Å²) in [6.07, 6.45) is 4.13. The second kappa shape index (κ2) is 8.25. The lowest BCUT2D eigenvalue weighted by molar-refractivity contribution is 0.254. The van der Waals surface area contributed by atoms with Crippen LogP contribution in [-0.4, -0.2) is 35.0 Å². The molecule has 4 N–H and O–H groups in total. The van der Waals surface area contributed by atoms with Crippen molar-refractivity contribution in [3.63, 3.8) is 0 Å². The molecule has 2 aromatic carbocycles. The average molecular weight is 432 g/mol. The summed E-state index contributed by atoms with van der Waals surface area (Å²) < 4.78 is 0. The fraction of sp³-hybridized carbons (Fsp3) is 0.240. The van der Waals surface area contributed by atoms with Gasteiger partial charge in [0.15, 0.2) is 0 Å². The molecule has 1 saturated heterocycles. The monoisotopic (exact) mass is 431 g/mol. The van der Waals surface area contributed by atoms with Crippen molar-refractivity contribution in [2.24, 2.45) is 0 Å². The Morgan fingerprint density at radius 3 is 2.65 bits per heavy atom. The van der Waals surface area contributed by atoms with Crippen molar-refractivity contribution in [1.82, 2.24) is 14.9 Å². The van der Waals surface area contributed by atoms with Crippen LogP contribution in [0.1, 0.15) is 24.5 Å². The number of nitrogen functional groups attached to an aromatic ring is 1. The van der Waals surface area contributed by atoms with Gasteiger partial charge in [0.05, 0.1) is 16.4 Å². The molecule has 0 spiro atoms. The Labute approximate surface area is 187 Å². The Hall–Kier alpha value is -3.02. The second-order valence-electron chi connectivity index (χ2n) is 8.30. The predicted molar refractivity (Wildman–Crippen MR) is 130 cm³/mol. The van der Waals surface area contributed by atoms with E-state index in [2.05, 4.69) is 33.3 Å². The zero-order valence-corrected chi connectivity index (χ0v) is 18.3. The summed E-state index contributed by atoms with van der Waals surface area (Å²) in [4.78, 5) is 10.6. The number of benzene rings is 2. The van der Waals surface area contributed by atoms with Gasteiger partial charge in [-0.15, -0.1) is 0 Å². The summed E-state index contributed by atoms with van der Waals surface area (Å²) in [5.41, 5.74) is 12.9. The van der Waals surface area contributed by atoms with Crippen molar-refractivity contribution in [3.05, 3.63) is 71.5 Å². The van der Waals surface area contributed by atoms with Crippen LogP contribution < -0.4 is 11.1 Å². The summed E-state index contributed by atoms with van der Waals surface area (Å²) in [5, 5.41) is 5.20. The Balaban J connectivity index is 1.62. The first-order valence-electron chi connectivity index (χ1n) is 10.7. The number of fused-ring (bicyclic) bond motifs is 1. The molecule has 0 atom stereocenters. The molecule has 0 bridgehead atoms. The lowest BCUT2D eigenvalue weighted by Crippen LogP contribution is -2.29. The molecule has 1 aliphatic heterocycles. The number of anilines is 3. The van der Waals surface area contributed by atoms with Crippen LogP contribution in [0.5, 0.6) is 0 Å². The number of likely N-dealkylation sites (tertiary alicyclic amines) is 1. The van der Waals surface area contributed by atoms with Gasteiger partial charge in [-0.2, -0.15) is 0 Å². The molecule has 4 aromatic rings. The SMILES string of the molecule is CN1CCC(c2cc3c(-c4c(Cl)ccc(N)c4Nc4ccccc4)ccnc3[nH]2)CC1. The summed E-state index contributed by atoms with van der Waals surface area (Å²) >= 11 is 6.74. The van der Waals surface area contributed by atoms with Crippen LogP contribution >= 0.6 is 11.6 Å². The van der Waals surface area contributed by atoms with E-state index in [-0.39, 0.29) is 0 Å². The number of piperidine rings is 1. The van der Waals surface area contributed by atoms with Crippen LogP contribution in [0, 0.1) is 0 Å². The highest BCUT2D eigenvalue weighted by Crippen LogP contribution is 2.43. The molecule has 5 rings (SSSR count).